The summed E-state index contributed by atoms with van der Waals surface area (Å²) in [6.45, 7) is 0. The van der Waals surface area contributed by atoms with Gasteiger partial charge in [-0.3, -0.25) is 0 Å². The minimum absolute atomic E-state index is 0.512. The van der Waals surface area contributed by atoms with Gasteiger partial charge < -0.3 is 9.84 Å². The van der Waals surface area contributed by atoms with E-state index in [4.69, 9.17) is 5.11 Å². The number of hydrogen-bond donors (Lipinski definition) is 1. The van der Waals surface area contributed by atoms with E-state index >= 15 is 0 Å². The Hall–Kier alpha value is -2.57. The smallest absolute Gasteiger partial charge is 0.335 e. The molecule has 104 valence electrons. The highest BCUT2D eigenvalue weighted by molar-refractivity contribution is 5.87. The van der Waals surface area contributed by atoms with Gasteiger partial charge in [-0.25, -0.2) is 22.4 Å². The summed E-state index contributed by atoms with van der Waals surface area (Å²) in [5.74, 6) is -7.83. The second-order valence-corrected chi connectivity index (χ2v) is 3.75. The quantitative estimate of drug-likeness (QED) is 0.874. The number of carbonyl (C=O) groups is 1. The van der Waals surface area contributed by atoms with Crippen molar-refractivity contribution in [2.45, 2.75) is 0 Å². The molecule has 20 heavy (non-hydrogen) atoms. The second kappa shape index (κ2) is 5.20. The van der Waals surface area contributed by atoms with Crippen LogP contribution in [0, 0.1) is 23.3 Å². The first-order valence-corrected chi connectivity index (χ1v) is 5.23. The van der Waals surface area contributed by atoms with Crippen molar-refractivity contribution in [2.24, 2.45) is 0 Å². The first kappa shape index (κ1) is 13.9. The molecule has 0 aliphatic rings. The molecule has 0 aromatic heterocycles. The maximum absolute atomic E-state index is 13.5. The van der Waals surface area contributed by atoms with Gasteiger partial charge in [0.05, 0.1) is 5.56 Å². The van der Waals surface area contributed by atoms with Crippen LogP contribution >= 0.6 is 0 Å². The lowest BCUT2D eigenvalue weighted by Gasteiger charge is -2.09. The average molecular weight is 286 g/mol. The van der Waals surface area contributed by atoms with Crippen molar-refractivity contribution in [3.05, 3.63) is 59.2 Å². The van der Waals surface area contributed by atoms with Gasteiger partial charge in [0, 0.05) is 6.07 Å². The van der Waals surface area contributed by atoms with Crippen LogP contribution in [0.2, 0.25) is 0 Å². The zero-order chi connectivity index (χ0) is 14.9. The normalized spacial score (nSPS) is 10.4. The third-order valence-corrected chi connectivity index (χ3v) is 2.35. The molecule has 0 saturated heterocycles. The van der Waals surface area contributed by atoms with Crippen molar-refractivity contribution in [1.82, 2.24) is 0 Å². The molecule has 0 bridgehead atoms. The Kier molecular flexibility index (Phi) is 3.60. The van der Waals surface area contributed by atoms with Crippen LogP contribution in [-0.4, -0.2) is 11.1 Å². The molecule has 0 atom stereocenters. The number of carboxylic acid groups (broad SMARTS) is 1. The van der Waals surface area contributed by atoms with E-state index in [0.717, 1.165) is 12.1 Å². The number of aromatic carboxylic acids is 1. The highest BCUT2D eigenvalue weighted by atomic mass is 19.1. The summed E-state index contributed by atoms with van der Waals surface area (Å²) in [5.41, 5.74) is -0.632. The lowest BCUT2D eigenvalue weighted by molar-refractivity contribution is 0.0695. The fourth-order valence-electron chi connectivity index (χ4n) is 1.45. The molecular weight excluding hydrogens is 280 g/mol. The molecule has 0 saturated carbocycles. The first-order valence-electron chi connectivity index (χ1n) is 5.23. The van der Waals surface area contributed by atoms with Crippen LogP contribution < -0.4 is 4.74 Å². The van der Waals surface area contributed by atoms with Gasteiger partial charge in [0.25, 0.3) is 0 Å². The van der Waals surface area contributed by atoms with Crippen molar-refractivity contribution in [1.29, 1.82) is 0 Å². The van der Waals surface area contributed by atoms with E-state index in [-0.39, 0.29) is 0 Å². The van der Waals surface area contributed by atoms with Crippen LogP contribution in [0.15, 0.2) is 30.3 Å². The summed E-state index contributed by atoms with van der Waals surface area (Å²) in [6, 6.07) is 3.17. The Morgan fingerprint density at radius 3 is 2.10 bits per heavy atom. The minimum atomic E-state index is -1.54. The molecule has 2 aromatic carbocycles. The number of rotatable bonds is 3. The predicted octanol–water partition coefficient (Wildman–Crippen LogP) is 3.73. The summed E-state index contributed by atoms with van der Waals surface area (Å²) < 4.78 is 57.9. The third kappa shape index (κ3) is 2.71. The number of carboxylic acids is 1. The van der Waals surface area contributed by atoms with E-state index in [9.17, 15) is 22.4 Å². The molecular formula is C13H6F4O3. The highest BCUT2D eigenvalue weighted by Crippen LogP contribution is 2.30. The molecule has 0 fully saturated rings. The molecule has 2 rings (SSSR count). The molecule has 0 aliphatic carbocycles. The second-order valence-electron chi connectivity index (χ2n) is 3.75. The van der Waals surface area contributed by atoms with E-state index in [2.05, 4.69) is 4.74 Å². The molecule has 0 radical (unpaired) electrons. The van der Waals surface area contributed by atoms with Crippen molar-refractivity contribution >= 4 is 5.97 Å². The van der Waals surface area contributed by atoms with Crippen LogP contribution in [0.5, 0.6) is 11.5 Å². The van der Waals surface area contributed by atoms with E-state index in [1.165, 1.54) is 0 Å². The van der Waals surface area contributed by atoms with Gasteiger partial charge in [-0.1, -0.05) is 0 Å². The summed E-state index contributed by atoms with van der Waals surface area (Å²) >= 11 is 0. The molecule has 0 spiro atoms. The first-order chi connectivity index (χ1) is 9.38. The standard InChI is InChI=1S/C13H6F4O3/c14-7-1-2-8(15)11(5-7)20-12-9(16)3-6(13(18)19)4-10(12)17/h1-5H,(H,18,19). The van der Waals surface area contributed by atoms with E-state index < -0.39 is 46.3 Å². The summed E-state index contributed by atoms with van der Waals surface area (Å²) in [6.07, 6.45) is 0. The van der Waals surface area contributed by atoms with Crippen molar-refractivity contribution in [3.8, 4) is 11.5 Å². The van der Waals surface area contributed by atoms with Gasteiger partial charge >= 0.3 is 5.97 Å². The molecule has 0 heterocycles. The maximum Gasteiger partial charge on any atom is 0.335 e. The van der Waals surface area contributed by atoms with Gasteiger partial charge in [-0.15, -0.1) is 0 Å². The summed E-state index contributed by atoms with van der Waals surface area (Å²) in [5, 5.41) is 8.61. The fourth-order valence-corrected chi connectivity index (χ4v) is 1.45. The van der Waals surface area contributed by atoms with Crippen LogP contribution in [0.1, 0.15) is 10.4 Å². The predicted molar refractivity (Wildman–Crippen MR) is 59.7 cm³/mol. The van der Waals surface area contributed by atoms with E-state index in [1.54, 1.807) is 0 Å². The van der Waals surface area contributed by atoms with Gasteiger partial charge in [-0.2, -0.15) is 0 Å². The summed E-state index contributed by atoms with van der Waals surface area (Å²) in [7, 11) is 0. The van der Waals surface area contributed by atoms with Crippen LogP contribution in [0.4, 0.5) is 17.6 Å². The van der Waals surface area contributed by atoms with Gasteiger partial charge in [0.2, 0.25) is 0 Å². The molecule has 0 amide bonds. The Balaban J connectivity index is 2.44. The number of hydrogen-bond acceptors (Lipinski definition) is 2. The molecule has 0 aliphatic heterocycles. The minimum Gasteiger partial charge on any atom is -0.478 e. The van der Waals surface area contributed by atoms with Crippen molar-refractivity contribution in [2.75, 3.05) is 0 Å². The molecule has 3 nitrogen and oxygen atoms in total. The van der Waals surface area contributed by atoms with Crippen molar-refractivity contribution < 1.29 is 32.2 Å². The van der Waals surface area contributed by atoms with Crippen molar-refractivity contribution in [3.63, 3.8) is 0 Å². The Morgan fingerprint density at radius 1 is 0.950 bits per heavy atom. The Morgan fingerprint density at radius 2 is 1.55 bits per heavy atom. The lowest BCUT2D eigenvalue weighted by Crippen LogP contribution is -2.01. The molecule has 1 N–H and O–H groups in total. The largest absolute Gasteiger partial charge is 0.478 e. The Bertz CT molecular complexity index is 662. The Labute approximate surface area is 110 Å². The third-order valence-electron chi connectivity index (χ3n) is 2.35. The van der Waals surface area contributed by atoms with E-state index in [0.29, 0.717) is 18.2 Å². The topological polar surface area (TPSA) is 46.5 Å². The molecule has 2 aromatic rings. The number of halogens is 4. The van der Waals surface area contributed by atoms with Gasteiger partial charge in [0.15, 0.2) is 29.0 Å². The molecule has 7 heteroatoms. The monoisotopic (exact) mass is 286 g/mol. The van der Waals surface area contributed by atoms with E-state index in [1.807, 2.05) is 0 Å². The average Bonchev–Trinajstić information content (AvgIpc) is 2.37. The zero-order valence-electron chi connectivity index (χ0n) is 9.66. The SMILES string of the molecule is O=C(O)c1cc(F)c(Oc2cc(F)ccc2F)c(F)c1. The summed E-state index contributed by atoms with van der Waals surface area (Å²) in [4.78, 5) is 10.6. The van der Waals surface area contributed by atoms with Crippen LogP contribution in [-0.2, 0) is 0 Å². The number of benzene rings is 2. The van der Waals surface area contributed by atoms with Crippen LogP contribution in [0.25, 0.3) is 0 Å². The zero-order valence-corrected chi connectivity index (χ0v) is 9.66. The fraction of sp³-hybridized carbons (Fsp3) is 0. The van der Waals surface area contributed by atoms with Crippen LogP contribution in [0.3, 0.4) is 0 Å². The number of ether oxygens (including phenoxy) is 1. The lowest BCUT2D eigenvalue weighted by atomic mass is 10.2. The van der Waals surface area contributed by atoms with Gasteiger partial charge in [-0.05, 0) is 24.3 Å². The molecule has 0 unspecified atom stereocenters. The van der Waals surface area contributed by atoms with Gasteiger partial charge in [0.1, 0.15) is 5.82 Å². The maximum atomic E-state index is 13.5. The highest BCUT2D eigenvalue weighted by Gasteiger charge is 2.18.